The van der Waals surface area contributed by atoms with E-state index in [1.165, 1.54) is 100 Å². The first-order valence-electron chi connectivity index (χ1n) is 12.0. The van der Waals surface area contributed by atoms with E-state index in [0.717, 1.165) is 19.3 Å². The van der Waals surface area contributed by atoms with Gasteiger partial charge in [-0.1, -0.05) is 79.1 Å². The Labute approximate surface area is 170 Å². The summed E-state index contributed by atoms with van der Waals surface area (Å²) in [4.78, 5) is 0. The largest absolute Gasteiger partial charge is 0.508 e. The van der Waals surface area contributed by atoms with Gasteiger partial charge in [0.15, 0.2) is 0 Å². The van der Waals surface area contributed by atoms with Crippen molar-refractivity contribution in [1.82, 2.24) is 0 Å². The highest BCUT2D eigenvalue weighted by atomic mass is 16.3. The Morgan fingerprint density at radius 3 is 1.63 bits per heavy atom. The molecule has 1 aromatic rings. The molecule has 1 nitrogen and oxygen atoms in total. The monoisotopic (exact) mass is 374 g/mol. The predicted octanol–water partition coefficient (Wildman–Crippen LogP) is 8.32. The maximum Gasteiger partial charge on any atom is 0.119 e. The van der Waals surface area contributed by atoms with Crippen molar-refractivity contribution in [3.8, 4) is 5.75 Å². The second kappa shape index (κ2) is 15.0. The second-order valence-electron chi connectivity index (χ2n) is 8.32. The summed E-state index contributed by atoms with van der Waals surface area (Å²) >= 11 is 0. The van der Waals surface area contributed by atoms with Gasteiger partial charge in [0.25, 0.3) is 0 Å². The van der Waals surface area contributed by atoms with Crippen molar-refractivity contribution in [3.63, 3.8) is 0 Å². The third kappa shape index (κ3) is 8.71. The molecule has 0 aliphatic rings. The van der Waals surface area contributed by atoms with Crippen molar-refractivity contribution < 1.29 is 5.11 Å². The van der Waals surface area contributed by atoms with E-state index < -0.39 is 0 Å². The van der Waals surface area contributed by atoms with Crippen LogP contribution in [-0.2, 0) is 25.7 Å². The number of aryl methyl sites for hydroxylation is 1. The molecule has 0 aliphatic carbocycles. The lowest BCUT2D eigenvalue weighted by Gasteiger charge is -2.21. The maximum absolute atomic E-state index is 10.8. The number of hydrogen-bond acceptors (Lipinski definition) is 1. The van der Waals surface area contributed by atoms with Crippen LogP contribution in [0.3, 0.4) is 0 Å². The van der Waals surface area contributed by atoms with Gasteiger partial charge in [-0.05, 0) is 79.7 Å². The quantitative estimate of drug-likeness (QED) is 0.288. The maximum atomic E-state index is 10.8. The van der Waals surface area contributed by atoms with Gasteiger partial charge in [0.2, 0.25) is 0 Å². The first-order valence-corrected chi connectivity index (χ1v) is 12.0. The zero-order chi connectivity index (χ0) is 19.9. The molecule has 0 fully saturated rings. The summed E-state index contributed by atoms with van der Waals surface area (Å²) in [5.41, 5.74) is 5.84. The van der Waals surface area contributed by atoms with Gasteiger partial charge in [-0.25, -0.2) is 0 Å². The van der Waals surface area contributed by atoms with Crippen molar-refractivity contribution in [2.45, 2.75) is 130 Å². The average Bonchev–Trinajstić information content (AvgIpc) is 2.67. The smallest absolute Gasteiger partial charge is 0.119 e. The third-order valence-corrected chi connectivity index (χ3v) is 5.88. The summed E-state index contributed by atoms with van der Waals surface area (Å²) in [6, 6.07) is 2.13. The van der Waals surface area contributed by atoms with Crippen LogP contribution in [0.1, 0.15) is 127 Å². The van der Waals surface area contributed by atoms with E-state index in [2.05, 4.69) is 33.8 Å². The van der Waals surface area contributed by atoms with Gasteiger partial charge in [0.05, 0.1) is 0 Å². The standard InChI is InChI=1S/C26H46O/c1-5-9-13-14-15-16-20-23-22(17-10-6-2)21-26(27)25(19-12-8-4)24(23)18-11-7-3/h21,27H,5-20H2,1-4H3. The van der Waals surface area contributed by atoms with Crippen LogP contribution in [0.5, 0.6) is 5.75 Å². The van der Waals surface area contributed by atoms with Crippen molar-refractivity contribution in [3.05, 3.63) is 28.3 Å². The Hall–Kier alpha value is -0.980. The fourth-order valence-corrected chi connectivity index (χ4v) is 4.14. The molecule has 0 radical (unpaired) electrons. The number of phenolic OH excluding ortho intramolecular Hbond substituents is 1. The summed E-state index contributed by atoms with van der Waals surface area (Å²) in [7, 11) is 0. The van der Waals surface area contributed by atoms with E-state index in [1.54, 1.807) is 5.56 Å². The van der Waals surface area contributed by atoms with Crippen LogP contribution in [0.15, 0.2) is 6.07 Å². The minimum Gasteiger partial charge on any atom is -0.508 e. The molecule has 1 heteroatoms. The van der Waals surface area contributed by atoms with E-state index in [-0.39, 0.29) is 0 Å². The van der Waals surface area contributed by atoms with Crippen LogP contribution < -0.4 is 0 Å². The summed E-state index contributed by atoms with van der Waals surface area (Å²) in [6.07, 6.45) is 19.9. The van der Waals surface area contributed by atoms with Crippen molar-refractivity contribution in [2.24, 2.45) is 0 Å². The molecular formula is C26H46O. The molecule has 0 aliphatic heterocycles. The molecule has 0 amide bonds. The van der Waals surface area contributed by atoms with Gasteiger partial charge in [-0.3, -0.25) is 0 Å². The molecule has 0 spiro atoms. The Morgan fingerprint density at radius 1 is 0.519 bits per heavy atom. The number of unbranched alkanes of at least 4 members (excludes halogenated alkanes) is 8. The molecule has 0 aromatic heterocycles. The van der Waals surface area contributed by atoms with Gasteiger partial charge in [-0.15, -0.1) is 0 Å². The van der Waals surface area contributed by atoms with Gasteiger partial charge in [0.1, 0.15) is 5.75 Å². The van der Waals surface area contributed by atoms with Crippen LogP contribution in [0.25, 0.3) is 0 Å². The lowest BCUT2D eigenvalue weighted by molar-refractivity contribution is 0.463. The molecule has 1 rings (SSSR count). The van der Waals surface area contributed by atoms with Crippen molar-refractivity contribution >= 4 is 0 Å². The molecule has 0 bridgehead atoms. The van der Waals surface area contributed by atoms with E-state index in [0.29, 0.717) is 5.75 Å². The summed E-state index contributed by atoms with van der Waals surface area (Å²) in [6.45, 7) is 9.07. The zero-order valence-corrected chi connectivity index (χ0v) is 18.8. The summed E-state index contributed by atoms with van der Waals surface area (Å²) in [5, 5.41) is 10.8. The Kier molecular flexibility index (Phi) is 13.4. The second-order valence-corrected chi connectivity index (χ2v) is 8.32. The fraction of sp³-hybridized carbons (Fsp3) is 0.769. The molecule has 1 N–H and O–H groups in total. The molecule has 0 heterocycles. The minimum absolute atomic E-state index is 0.576. The number of aromatic hydroxyl groups is 1. The third-order valence-electron chi connectivity index (χ3n) is 5.88. The number of hydrogen-bond donors (Lipinski definition) is 1. The topological polar surface area (TPSA) is 20.2 Å². The Balaban J connectivity index is 3.04. The highest BCUT2D eigenvalue weighted by Gasteiger charge is 2.17. The lowest BCUT2D eigenvalue weighted by Crippen LogP contribution is -2.07. The first kappa shape index (κ1) is 24.1. The van der Waals surface area contributed by atoms with Gasteiger partial charge in [0, 0.05) is 0 Å². The minimum atomic E-state index is 0.576. The summed E-state index contributed by atoms with van der Waals surface area (Å²) in [5.74, 6) is 0.576. The Morgan fingerprint density at radius 2 is 1.00 bits per heavy atom. The number of benzene rings is 1. The predicted molar refractivity (Wildman–Crippen MR) is 121 cm³/mol. The highest BCUT2D eigenvalue weighted by Crippen LogP contribution is 2.33. The van der Waals surface area contributed by atoms with Crippen molar-refractivity contribution in [1.29, 1.82) is 0 Å². The first-order chi connectivity index (χ1) is 13.2. The average molecular weight is 375 g/mol. The molecule has 156 valence electrons. The molecule has 0 saturated carbocycles. The van der Waals surface area contributed by atoms with Gasteiger partial charge < -0.3 is 5.11 Å². The molecule has 0 saturated heterocycles. The van der Waals surface area contributed by atoms with Gasteiger partial charge >= 0.3 is 0 Å². The molecule has 1 aromatic carbocycles. The molecule has 27 heavy (non-hydrogen) atoms. The van der Waals surface area contributed by atoms with Crippen LogP contribution in [-0.4, -0.2) is 5.11 Å². The van der Waals surface area contributed by atoms with Crippen LogP contribution in [0, 0.1) is 0 Å². The fourth-order valence-electron chi connectivity index (χ4n) is 4.14. The SMILES string of the molecule is CCCCCCCCc1c(CCCC)cc(O)c(CCCC)c1CCCC. The number of phenols is 1. The zero-order valence-electron chi connectivity index (χ0n) is 18.8. The van der Waals surface area contributed by atoms with Crippen LogP contribution in [0.2, 0.25) is 0 Å². The van der Waals surface area contributed by atoms with E-state index in [1.807, 2.05) is 0 Å². The number of rotatable bonds is 16. The van der Waals surface area contributed by atoms with E-state index in [4.69, 9.17) is 0 Å². The molecule has 0 atom stereocenters. The summed E-state index contributed by atoms with van der Waals surface area (Å²) < 4.78 is 0. The van der Waals surface area contributed by atoms with E-state index >= 15 is 0 Å². The normalized spacial score (nSPS) is 11.3. The lowest BCUT2D eigenvalue weighted by atomic mass is 9.85. The highest BCUT2D eigenvalue weighted by molar-refractivity contribution is 5.50. The van der Waals surface area contributed by atoms with Gasteiger partial charge in [-0.2, -0.15) is 0 Å². The molecule has 0 unspecified atom stereocenters. The Bertz CT molecular complexity index is 503. The van der Waals surface area contributed by atoms with Crippen LogP contribution in [0.4, 0.5) is 0 Å². The van der Waals surface area contributed by atoms with Crippen molar-refractivity contribution in [2.75, 3.05) is 0 Å². The van der Waals surface area contributed by atoms with E-state index in [9.17, 15) is 5.11 Å². The van der Waals surface area contributed by atoms with Crippen LogP contribution >= 0.6 is 0 Å². The molecular weight excluding hydrogens is 328 g/mol.